The molecule has 186 valence electrons. The molecule has 1 aliphatic rings. The fraction of sp³-hybridized carbons (Fsp3) is 0.417. The number of imidazole rings is 1. The van der Waals surface area contributed by atoms with E-state index >= 15 is 0 Å². The van der Waals surface area contributed by atoms with E-state index in [1.165, 1.54) is 24.8 Å². The van der Waals surface area contributed by atoms with Crippen LogP contribution in [0.25, 0.3) is 11.3 Å². The van der Waals surface area contributed by atoms with Gasteiger partial charge in [0, 0.05) is 55.3 Å². The molecule has 0 saturated carbocycles. The predicted molar refractivity (Wildman–Crippen MR) is 124 cm³/mol. The van der Waals surface area contributed by atoms with Gasteiger partial charge < -0.3 is 19.5 Å². The highest BCUT2D eigenvalue weighted by Crippen LogP contribution is 2.28. The molecule has 1 N–H and O–H groups in total. The van der Waals surface area contributed by atoms with Crippen molar-refractivity contribution in [1.29, 1.82) is 0 Å². The third-order valence-corrected chi connectivity index (χ3v) is 6.23. The number of hydrogen-bond donors (Lipinski definition) is 1. The molecule has 0 aromatic carbocycles. The van der Waals surface area contributed by atoms with Gasteiger partial charge in [-0.2, -0.15) is 0 Å². The van der Waals surface area contributed by atoms with Gasteiger partial charge in [-0.1, -0.05) is 0 Å². The number of aryl methyl sites for hydroxylation is 2. The van der Waals surface area contributed by atoms with Gasteiger partial charge in [-0.3, -0.25) is 4.79 Å². The molecule has 0 radical (unpaired) electrons. The molecule has 0 bridgehead atoms. The van der Waals surface area contributed by atoms with E-state index < -0.39 is 18.2 Å². The molecule has 1 aliphatic heterocycles. The van der Waals surface area contributed by atoms with Crippen molar-refractivity contribution < 1.29 is 22.7 Å². The normalized spacial score (nSPS) is 16.6. The lowest BCUT2D eigenvalue weighted by molar-refractivity contribution is -0.131. The number of rotatable bonds is 7. The topological polar surface area (TPSA) is 85.2 Å². The van der Waals surface area contributed by atoms with E-state index in [4.69, 9.17) is 4.74 Å². The molecular weight excluding hydrogens is 461 g/mol. The maximum atomic E-state index is 14.3. The Morgan fingerprint density at radius 2 is 2.06 bits per heavy atom. The van der Waals surface area contributed by atoms with Crippen LogP contribution in [-0.2, 0) is 11.8 Å². The van der Waals surface area contributed by atoms with E-state index in [1.807, 2.05) is 0 Å². The molecule has 8 nitrogen and oxygen atoms in total. The number of aromatic nitrogens is 4. The summed E-state index contributed by atoms with van der Waals surface area (Å²) in [5, 5.41) is 3.33. The number of methoxy groups -OCH3 is 1. The Labute approximate surface area is 201 Å². The summed E-state index contributed by atoms with van der Waals surface area (Å²) in [6.45, 7) is 4.45. The van der Waals surface area contributed by atoms with Crippen molar-refractivity contribution in [2.75, 3.05) is 25.5 Å². The zero-order valence-corrected chi connectivity index (χ0v) is 19.9. The van der Waals surface area contributed by atoms with Gasteiger partial charge in [0.15, 0.2) is 5.82 Å². The van der Waals surface area contributed by atoms with E-state index in [2.05, 4.69) is 20.3 Å². The van der Waals surface area contributed by atoms with Gasteiger partial charge in [0.25, 0.3) is 6.43 Å². The van der Waals surface area contributed by atoms with Gasteiger partial charge in [-0.15, -0.1) is 0 Å². The van der Waals surface area contributed by atoms with Crippen molar-refractivity contribution in [3.63, 3.8) is 0 Å². The maximum absolute atomic E-state index is 14.3. The summed E-state index contributed by atoms with van der Waals surface area (Å²) in [5.74, 6) is -0.824. The first-order chi connectivity index (χ1) is 16.7. The van der Waals surface area contributed by atoms with Crippen molar-refractivity contribution >= 4 is 11.7 Å². The molecule has 35 heavy (non-hydrogen) atoms. The second-order valence-electron chi connectivity index (χ2n) is 8.61. The molecular formula is C24H27F3N6O2. The number of anilines is 1. The number of amides is 1. The molecule has 1 saturated heterocycles. The summed E-state index contributed by atoms with van der Waals surface area (Å²) in [4.78, 5) is 27.1. The number of pyridine rings is 2. The monoisotopic (exact) mass is 488 g/mol. The van der Waals surface area contributed by atoms with Crippen LogP contribution >= 0.6 is 0 Å². The molecule has 2 atom stereocenters. The second-order valence-corrected chi connectivity index (χ2v) is 8.61. The Morgan fingerprint density at radius 3 is 2.71 bits per heavy atom. The van der Waals surface area contributed by atoms with E-state index in [0.717, 1.165) is 6.20 Å². The number of carbonyl (C=O) groups excluding carboxylic acids is 1. The summed E-state index contributed by atoms with van der Waals surface area (Å²) in [6.07, 6.45) is 0.668. The lowest BCUT2D eigenvalue weighted by Gasteiger charge is -2.22. The van der Waals surface area contributed by atoms with Crippen LogP contribution in [0.1, 0.15) is 42.8 Å². The van der Waals surface area contributed by atoms with Crippen molar-refractivity contribution in [2.45, 2.75) is 38.7 Å². The van der Waals surface area contributed by atoms with Gasteiger partial charge in [0.05, 0.1) is 24.9 Å². The summed E-state index contributed by atoms with van der Waals surface area (Å²) >= 11 is 0. The minimum Gasteiger partial charge on any atom is -0.481 e. The number of halogens is 3. The van der Waals surface area contributed by atoms with Crippen molar-refractivity contribution in [1.82, 2.24) is 24.4 Å². The lowest BCUT2D eigenvalue weighted by atomic mass is 10.0. The van der Waals surface area contributed by atoms with Gasteiger partial charge >= 0.3 is 0 Å². The highest BCUT2D eigenvalue weighted by molar-refractivity contribution is 5.83. The molecule has 0 aliphatic carbocycles. The molecule has 0 spiro atoms. The molecule has 3 aromatic rings. The summed E-state index contributed by atoms with van der Waals surface area (Å²) in [7, 11) is 2.97. The summed E-state index contributed by atoms with van der Waals surface area (Å²) < 4.78 is 46.8. The fourth-order valence-electron chi connectivity index (χ4n) is 4.30. The van der Waals surface area contributed by atoms with Crippen molar-refractivity contribution in [2.24, 2.45) is 7.05 Å². The number of carbonyl (C=O) groups is 1. The molecule has 3 aromatic heterocycles. The fourth-order valence-corrected chi connectivity index (χ4v) is 4.30. The number of alkyl halides is 2. The van der Waals surface area contributed by atoms with E-state index in [9.17, 15) is 18.0 Å². The Balaban J connectivity index is 1.41. The number of nitrogens with zero attached hydrogens (tertiary/aromatic N) is 5. The molecule has 1 fully saturated rings. The molecule has 4 rings (SSSR count). The van der Waals surface area contributed by atoms with Gasteiger partial charge in [-0.25, -0.2) is 28.1 Å². The third-order valence-electron chi connectivity index (χ3n) is 6.23. The first kappa shape index (κ1) is 24.5. The van der Waals surface area contributed by atoms with Crippen LogP contribution in [-0.4, -0.2) is 56.6 Å². The highest BCUT2D eigenvalue weighted by Gasteiger charge is 2.31. The van der Waals surface area contributed by atoms with Gasteiger partial charge in [-0.05, 0) is 32.4 Å². The zero-order chi connectivity index (χ0) is 25.3. The minimum absolute atomic E-state index is 0.0268. The van der Waals surface area contributed by atoms with E-state index in [0.29, 0.717) is 42.3 Å². The molecule has 0 unspecified atom stereocenters. The Bertz CT molecular complexity index is 1230. The SMILES string of the molecule is COc1cc([C@H](C)C(=O)N2CC[C@H](Nc3ccc(-c4cn(C)c(C(F)F)n4)c(C)n3)C2)c(F)cn1. The minimum atomic E-state index is -2.66. The van der Waals surface area contributed by atoms with Crippen LogP contribution in [0.4, 0.5) is 19.0 Å². The van der Waals surface area contributed by atoms with Crippen LogP contribution in [0.2, 0.25) is 0 Å². The van der Waals surface area contributed by atoms with Crippen LogP contribution in [0.3, 0.4) is 0 Å². The summed E-state index contributed by atoms with van der Waals surface area (Å²) in [6, 6.07) is 4.98. The first-order valence-corrected chi connectivity index (χ1v) is 11.2. The van der Waals surface area contributed by atoms with Crippen molar-refractivity contribution in [3.8, 4) is 17.1 Å². The first-order valence-electron chi connectivity index (χ1n) is 11.2. The quantitative estimate of drug-likeness (QED) is 0.539. The maximum Gasteiger partial charge on any atom is 0.295 e. The van der Waals surface area contributed by atoms with Crippen LogP contribution < -0.4 is 10.1 Å². The zero-order valence-electron chi connectivity index (χ0n) is 19.9. The standard InChI is InChI=1S/C24H27F3N6O2/c1-13(17-9-21(35-4)28-10-18(17)25)24(34)33-8-7-15(11-33)30-20-6-5-16(14(2)29-20)19-12-32(3)23(31-19)22(26)27/h5-6,9-10,12-13,15,22H,7-8,11H2,1-4H3,(H,29,30)/t13-,15-/m0/s1. The smallest absolute Gasteiger partial charge is 0.295 e. The predicted octanol–water partition coefficient (Wildman–Crippen LogP) is 4.09. The number of ether oxygens (including phenoxy) is 1. The summed E-state index contributed by atoms with van der Waals surface area (Å²) in [5.41, 5.74) is 2.00. The molecule has 11 heteroatoms. The average Bonchev–Trinajstić information content (AvgIpc) is 3.45. The van der Waals surface area contributed by atoms with Crippen molar-refractivity contribution in [3.05, 3.63) is 53.5 Å². The third kappa shape index (κ3) is 5.08. The number of nitrogens with one attached hydrogen (secondary N) is 1. The Kier molecular flexibility index (Phi) is 6.95. The van der Waals surface area contributed by atoms with Crippen LogP contribution in [0.15, 0.2) is 30.6 Å². The number of likely N-dealkylation sites (tertiary alicyclic amines) is 1. The van der Waals surface area contributed by atoms with E-state index in [1.54, 1.807) is 37.1 Å². The molecule has 4 heterocycles. The second kappa shape index (κ2) is 9.93. The molecule has 1 amide bonds. The van der Waals surface area contributed by atoms with Crippen LogP contribution in [0, 0.1) is 12.7 Å². The van der Waals surface area contributed by atoms with Gasteiger partial charge in [0.1, 0.15) is 11.6 Å². The number of hydrogen-bond acceptors (Lipinski definition) is 6. The Hall–Kier alpha value is -3.63. The average molecular weight is 489 g/mol. The van der Waals surface area contributed by atoms with Crippen LogP contribution in [0.5, 0.6) is 5.88 Å². The van der Waals surface area contributed by atoms with E-state index in [-0.39, 0.29) is 29.2 Å². The highest BCUT2D eigenvalue weighted by atomic mass is 19.3. The van der Waals surface area contributed by atoms with Gasteiger partial charge in [0.2, 0.25) is 11.8 Å². The largest absolute Gasteiger partial charge is 0.481 e. The lowest BCUT2D eigenvalue weighted by Crippen LogP contribution is -2.34. The Morgan fingerprint density at radius 1 is 1.29 bits per heavy atom.